The molecule has 0 spiro atoms. The fourth-order valence-electron chi connectivity index (χ4n) is 16.9. The Kier molecular flexibility index (Phi) is 23.6. The highest BCUT2D eigenvalue weighted by Gasteiger charge is 2.31. The molecule has 0 saturated carbocycles. The van der Waals surface area contributed by atoms with Crippen LogP contribution in [0.1, 0.15) is 159 Å². The number of nitrogens with zero attached hydrogens (tertiary/aromatic N) is 5. The maximum atomic E-state index is 9.14. The molecule has 5 aromatic heterocycles. The lowest BCUT2D eigenvalue weighted by molar-refractivity contribution is -0.660. The van der Waals surface area contributed by atoms with Crippen LogP contribution in [-0.4, -0.2) is 24.2 Å². The van der Waals surface area contributed by atoms with Crippen LogP contribution < -0.4 is 38.4 Å². The molecule has 0 radical (unpaired) electrons. The van der Waals surface area contributed by atoms with Gasteiger partial charge in [0.15, 0.2) is 31.0 Å². The van der Waals surface area contributed by atoms with Crippen molar-refractivity contribution in [3.05, 3.63) is 367 Å². The molecule has 5 nitrogen and oxygen atoms in total. The van der Waals surface area contributed by atoms with Gasteiger partial charge in [0.25, 0.3) is 0 Å². The third kappa shape index (κ3) is 24.7. The maximum Gasteiger partial charge on any atom is 0.212 e. The normalized spacial score (nSPS) is 14.5. The molecule has 5 heterocycles. The molecule has 15 rings (SSSR count). The van der Waals surface area contributed by atoms with E-state index in [9.17, 15) is 0 Å². The van der Waals surface area contributed by atoms with Gasteiger partial charge in [-0.05, 0) is 307 Å². The molecule has 676 valence electrons. The quantitative estimate of drug-likeness (QED) is 0.0764. The van der Waals surface area contributed by atoms with Gasteiger partial charge in [-0.2, -0.15) is 0 Å². The van der Waals surface area contributed by atoms with Gasteiger partial charge in [-0.3, -0.25) is 0 Å². The zero-order valence-electron chi connectivity index (χ0n) is 103. The molecular formula is C123H152N5Si3+5. The number of aromatic nitrogens is 5. The Morgan fingerprint density at radius 3 is 0.817 bits per heavy atom. The van der Waals surface area contributed by atoms with E-state index in [1.807, 2.05) is 293 Å². The molecule has 0 bridgehead atoms. The minimum absolute atomic E-state index is 0.310. The minimum Gasteiger partial charge on any atom is -0.201 e. The van der Waals surface area contributed by atoms with E-state index < -0.39 is 77.1 Å². The van der Waals surface area contributed by atoms with Crippen molar-refractivity contribution >= 4 is 39.8 Å². The molecule has 0 unspecified atom stereocenters. The number of aryl methyl sites for hydroxylation is 24. The second-order valence-corrected chi connectivity index (χ2v) is 55.6. The van der Waals surface area contributed by atoms with Gasteiger partial charge in [-0.15, -0.1) is 0 Å². The first-order valence-corrected chi connectivity index (χ1v) is 56.0. The number of pyridine rings is 5. The summed E-state index contributed by atoms with van der Waals surface area (Å²) >= 11 is 0. The maximum absolute atomic E-state index is 9.14. The summed E-state index contributed by atoms with van der Waals surface area (Å²) in [6.07, 6.45) is 8.72. The molecule has 0 aliphatic heterocycles. The third-order valence-corrected chi connectivity index (χ3v) is 30.9. The first-order valence-electron chi connectivity index (χ1n) is 55.5. The monoisotopic (exact) mass is 1800 g/mol. The molecule has 0 N–H and O–H groups in total. The first-order chi connectivity index (χ1) is 69.4. The van der Waals surface area contributed by atoms with Gasteiger partial charge < -0.3 is 0 Å². The van der Waals surface area contributed by atoms with Gasteiger partial charge in [0.05, 0.1) is 24.2 Å². The van der Waals surface area contributed by atoms with Crippen LogP contribution in [-0.2, 0) is 41.6 Å². The fraction of sp³-hybridized carbons (Fsp3) is 0.309. The molecule has 0 saturated heterocycles. The van der Waals surface area contributed by atoms with E-state index in [1.54, 1.807) is 29.8 Å². The van der Waals surface area contributed by atoms with Crippen molar-refractivity contribution in [3.63, 3.8) is 0 Å². The molecule has 0 amide bonds. The van der Waals surface area contributed by atoms with Crippen LogP contribution in [0.15, 0.2) is 255 Å². The molecule has 15 aromatic rings. The summed E-state index contributed by atoms with van der Waals surface area (Å²) in [4.78, 5) is 0. The molecule has 10 aromatic carbocycles. The number of hydrogen-bond acceptors (Lipinski definition) is 0. The number of hydrogen-bond donors (Lipinski definition) is 0. The molecule has 131 heavy (non-hydrogen) atoms. The number of benzene rings is 10. The van der Waals surface area contributed by atoms with E-state index in [2.05, 4.69) is 160 Å². The summed E-state index contributed by atoms with van der Waals surface area (Å²) in [7, 11) is 5.26. The summed E-state index contributed by atoms with van der Waals surface area (Å²) in [6, 6.07) is 73.7. The Morgan fingerprint density at radius 2 is 0.519 bits per heavy atom. The SMILES string of the molecule is [2H]C([2H])([2H])c1c[n+](C)c(-c2cc(-c3ccc(C)cc3)c(C([2H])([2H])[2H])cc2C)cc1C.[2H]C([2H])([2H])c1cc(C)c(-c2cc(C([2H])([2H])C(C)(C)C)c([Si](C)(C)C)c[n+]2C)cc1-c1ccc(C)cc1.[2H]C([2H])([2H])c1cc(C)c(-c2cc(C)c([Si](C)(C)C)c[n+]2C)cc1-c1ccc(C)cc1.[2H]C([2H])([2H])c1cc(C)c(-c2cc(C)cc[n+]2C)cc1-c1ccc(C)cc1.[2H]C([2H])([2H])c1cc(C)c(-c2ccc([Si](C)(C)C)c[n+]2C)cc1-c1ccc(C)cc1. The van der Waals surface area contributed by atoms with E-state index in [-0.39, 0.29) is 0 Å². The van der Waals surface area contributed by atoms with Crippen molar-refractivity contribution in [1.29, 1.82) is 0 Å². The van der Waals surface area contributed by atoms with Crippen molar-refractivity contribution < 1.29 is 50.3 Å². The Bertz CT molecular complexity index is 7350. The number of rotatable bonds is 14. The molecule has 0 aliphatic rings. The highest BCUT2D eigenvalue weighted by Crippen LogP contribution is 2.39. The summed E-state index contributed by atoms with van der Waals surface area (Å²) in [5.74, 6) is 0. The summed E-state index contributed by atoms with van der Waals surface area (Å²) < 4.78 is 173. The zero-order chi connectivity index (χ0) is 113. The average molecular weight is 1800 g/mol. The van der Waals surface area contributed by atoms with E-state index in [4.69, 9.17) is 27.4 Å². The summed E-state index contributed by atoms with van der Waals surface area (Å²) in [5, 5.41) is 3.95. The van der Waals surface area contributed by atoms with E-state index in [0.29, 0.717) is 50.1 Å². The highest BCUT2D eigenvalue weighted by atomic mass is 28.3. The van der Waals surface area contributed by atoms with Gasteiger partial charge in [0.2, 0.25) is 28.5 Å². The smallest absolute Gasteiger partial charge is 0.201 e. The summed E-state index contributed by atoms with van der Waals surface area (Å²) in [5.41, 5.74) is 33.9. The Hall–Kier alpha value is -11.4. The fourth-order valence-corrected chi connectivity index (χ4v) is 21.4. The molecule has 8 heteroatoms. The predicted molar refractivity (Wildman–Crippen MR) is 575 cm³/mol. The van der Waals surface area contributed by atoms with E-state index in [0.717, 1.165) is 167 Å². The van der Waals surface area contributed by atoms with Crippen LogP contribution in [0.3, 0.4) is 0 Å². The van der Waals surface area contributed by atoms with Gasteiger partial charge >= 0.3 is 0 Å². The Morgan fingerprint density at radius 1 is 0.237 bits per heavy atom. The van der Waals surface area contributed by atoms with Crippen LogP contribution in [0, 0.1) is 137 Å². The van der Waals surface area contributed by atoms with Crippen LogP contribution in [0.5, 0.6) is 0 Å². The predicted octanol–water partition coefficient (Wildman–Crippen LogP) is 28.3. The lowest BCUT2D eigenvalue weighted by Crippen LogP contribution is -2.47. The first kappa shape index (κ1) is 75.2. The van der Waals surface area contributed by atoms with Crippen LogP contribution >= 0.6 is 0 Å². The Balaban J connectivity index is 0.000000179. The van der Waals surface area contributed by atoms with Crippen LogP contribution in [0.25, 0.3) is 112 Å². The molecule has 0 atom stereocenters. The topological polar surface area (TPSA) is 19.4 Å². The highest BCUT2D eigenvalue weighted by molar-refractivity contribution is 6.89. The van der Waals surface area contributed by atoms with Gasteiger partial charge in [-0.1, -0.05) is 265 Å². The second kappa shape index (κ2) is 41.2. The third-order valence-electron chi connectivity index (χ3n) is 24.7. The molecular weight excluding hydrogens is 1630 g/mol. The average Bonchev–Trinajstić information content (AvgIpc) is 0.805. The largest absolute Gasteiger partial charge is 0.212 e. The van der Waals surface area contributed by atoms with Crippen molar-refractivity contribution in [2.75, 3.05) is 0 Å². The van der Waals surface area contributed by atoms with Crippen LogP contribution in [0.2, 0.25) is 58.9 Å². The standard InChI is InChI=1S/C29H40NSi.C25H32NSi.C24H30NSi.C23H26N.C22H24N/c1-20-11-13-23(14-12-20)25-17-26(22(3)15-21(25)2)27-16-24(18-29(4,5)6)28(19-30(27)7)31(8,9)10;1-17-9-11-21(12-10-17)22-15-23(19(3)13-18(22)2)24-14-20(4)25(16-26(24)5)27(6,7)8;1-17-8-10-20(11-9-17)22-15-23(19(3)14-18(22)2)24-13-12-21(16-25(24)4)26(5,6)7;1-15-7-9-20(10-8-15)21-13-22(18(4)11-17(21)3)23-12-16(2)19(5)14-24(23)6;1-15-6-8-19(9-7-15)20-14-21(18(4)13-17(20)3)22-12-16(2)10-11-23(22)5/h11-17,19H,18H2,1-10H3;9-16H,1-8H3;8-16H,1-7H3;7-14H,1-6H3;6-14H,1-5H3/q5*+1/i2D3,18D2;2*2D3;3D3,5D3;3D3. The minimum atomic E-state index is -2.25. The van der Waals surface area contributed by atoms with E-state index >= 15 is 0 Å². The van der Waals surface area contributed by atoms with E-state index in [1.165, 1.54) is 21.5 Å². The second-order valence-electron chi connectivity index (χ2n) is 40.5. The van der Waals surface area contributed by atoms with Crippen molar-refractivity contribution in [2.45, 2.75) is 217 Å². The lowest BCUT2D eigenvalue weighted by atomic mass is 9.87. The summed E-state index contributed by atoms with van der Waals surface area (Å²) in [6.45, 7) is 39.5. The van der Waals surface area contributed by atoms with Crippen molar-refractivity contribution in [1.82, 2.24) is 0 Å². The van der Waals surface area contributed by atoms with Gasteiger partial charge in [0, 0.05) is 113 Å². The van der Waals surface area contributed by atoms with Crippen molar-refractivity contribution in [2.24, 2.45) is 40.7 Å². The van der Waals surface area contributed by atoms with Gasteiger partial charge in [0.1, 0.15) is 35.2 Å². The zero-order valence-corrected chi connectivity index (χ0v) is 86.5. The van der Waals surface area contributed by atoms with Crippen molar-refractivity contribution in [3.8, 4) is 112 Å². The lowest BCUT2D eigenvalue weighted by Gasteiger charge is -2.25. The van der Waals surface area contributed by atoms with Gasteiger partial charge in [-0.25, -0.2) is 22.8 Å². The van der Waals surface area contributed by atoms with Crippen LogP contribution in [0.4, 0.5) is 0 Å². The Labute approximate surface area is 822 Å². The molecule has 0 aliphatic carbocycles. The molecule has 0 fully saturated rings.